The molecule has 0 aromatic heterocycles. The summed E-state index contributed by atoms with van der Waals surface area (Å²) in [6.07, 6.45) is 6.44. The first-order valence-corrected chi connectivity index (χ1v) is 5.98. The maximum Gasteiger partial charge on any atom is 0.323 e. The number of amides is 2. The number of carbonyl (C=O) groups excluding carboxylic acids is 1. The lowest BCUT2D eigenvalue weighted by Gasteiger charge is -2.28. The largest absolute Gasteiger partial charge is 0.480 e. The number of nitrogens with one attached hydrogen (secondary N) is 1. The highest BCUT2D eigenvalue weighted by Crippen LogP contribution is 2.11. The minimum Gasteiger partial charge on any atom is -0.480 e. The molecule has 0 aromatic carbocycles. The highest BCUT2D eigenvalue weighted by molar-refractivity contribution is 5.80. The Labute approximate surface area is 101 Å². The number of hydrogen-bond acceptors (Lipinski definition) is 2. The molecule has 1 rings (SSSR count). The Morgan fingerprint density at radius 3 is 2.53 bits per heavy atom. The first kappa shape index (κ1) is 13.5. The van der Waals surface area contributed by atoms with Gasteiger partial charge in [-0.15, -0.1) is 0 Å². The number of rotatable bonds is 5. The summed E-state index contributed by atoms with van der Waals surface area (Å²) < 4.78 is 0. The van der Waals surface area contributed by atoms with Gasteiger partial charge in [-0.1, -0.05) is 19.1 Å². The van der Waals surface area contributed by atoms with E-state index in [4.69, 9.17) is 5.11 Å². The molecular formula is C12H20N2O3. The minimum atomic E-state index is -0.981. The van der Waals surface area contributed by atoms with Crippen molar-refractivity contribution in [3.8, 4) is 0 Å². The average Bonchev–Trinajstić information content (AvgIpc) is 2.77. The van der Waals surface area contributed by atoms with Crippen molar-refractivity contribution < 1.29 is 14.7 Å². The van der Waals surface area contributed by atoms with Crippen LogP contribution < -0.4 is 5.32 Å². The molecule has 0 saturated carbocycles. The van der Waals surface area contributed by atoms with E-state index in [0.29, 0.717) is 0 Å². The highest BCUT2D eigenvalue weighted by Gasteiger charge is 2.23. The normalized spacial score (nSPS) is 16.8. The summed E-state index contributed by atoms with van der Waals surface area (Å²) in [5.74, 6) is -0.981. The van der Waals surface area contributed by atoms with Crippen molar-refractivity contribution in [1.82, 2.24) is 10.2 Å². The first-order chi connectivity index (χ1) is 8.04. The Kier molecular flexibility index (Phi) is 5.00. The topological polar surface area (TPSA) is 69.6 Å². The lowest BCUT2D eigenvalue weighted by atomic mass is 10.2. The second-order valence-electron chi connectivity index (χ2n) is 4.37. The van der Waals surface area contributed by atoms with Crippen LogP contribution in [0.5, 0.6) is 0 Å². The third kappa shape index (κ3) is 4.09. The van der Waals surface area contributed by atoms with Gasteiger partial charge in [-0.2, -0.15) is 0 Å². The predicted molar refractivity (Wildman–Crippen MR) is 64.8 cm³/mol. The maximum atomic E-state index is 12.0. The molecule has 2 amide bonds. The molecule has 17 heavy (non-hydrogen) atoms. The minimum absolute atomic E-state index is 0.0690. The van der Waals surface area contributed by atoms with Gasteiger partial charge in [-0.25, -0.2) is 4.79 Å². The van der Waals surface area contributed by atoms with E-state index < -0.39 is 5.97 Å². The zero-order valence-corrected chi connectivity index (χ0v) is 10.3. The van der Waals surface area contributed by atoms with Gasteiger partial charge in [-0.3, -0.25) is 4.79 Å². The molecule has 1 aliphatic rings. The van der Waals surface area contributed by atoms with Crippen molar-refractivity contribution in [2.75, 3.05) is 6.54 Å². The molecule has 1 aliphatic carbocycles. The van der Waals surface area contributed by atoms with E-state index in [-0.39, 0.29) is 24.7 Å². The van der Waals surface area contributed by atoms with Crippen LogP contribution >= 0.6 is 0 Å². The molecule has 5 heteroatoms. The fourth-order valence-corrected chi connectivity index (χ4v) is 1.79. The summed E-state index contributed by atoms with van der Waals surface area (Å²) in [6.45, 7) is 3.54. The Balaban J connectivity index is 2.55. The SMILES string of the molecule is CCC(C)N(CC(=O)O)C(=O)NC1CC=CC1. The van der Waals surface area contributed by atoms with E-state index in [1.165, 1.54) is 4.90 Å². The zero-order chi connectivity index (χ0) is 12.8. The fraction of sp³-hybridized carbons (Fsp3) is 0.667. The molecule has 0 fully saturated rings. The third-order valence-corrected chi connectivity index (χ3v) is 3.02. The van der Waals surface area contributed by atoms with E-state index in [0.717, 1.165) is 19.3 Å². The average molecular weight is 240 g/mol. The molecule has 0 aromatic rings. The van der Waals surface area contributed by atoms with Crippen LogP contribution in [-0.4, -0.2) is 40.6 Å². The lowest BCUT2D eigenvalue weighted by Crippen LogP contribution is -2.49. The van der Waals surface area contributed by atoms with Crippen molar-refractivity contribution in [3.05, 3.63) is 12.2 Å². The van der Waals surface area contributed by atoms with Crippen LogP contribution in [0.1, 0.15) is 33.1 Å². The summed E-state index contributed by atoms with van der Waals surface area (Å²) in [4.78, 5) is 24.1. The van der Waals surface area contributed by atoms with Gasteiger partial charge in [0.1, 0.15) is 6.54 Å². The summed E-state index contributed by atoms with van der Waals surface area (Å²) in [7, 11) is 0. The molecule has 5 nitrogen and oxygen atoms in total. The van der Waals surface area contributed by atoms with Crippen LogP contribution in [0.4, 0.5) is 4.79 Å². The quantitative estimate of drug-likeness (QED) is 0.717. The molecule has 2 N–H and O–H groups in total. The maximum absolute atomic E-state index is 12.0. The molecule has 0 heterocycles. The van der Waals surface area contributed by atoms with Crippen LogP contribution in [-0.2, 0) is 4.79 Å². The molecule has 0 radical (unpaired) electrons. The van der Waals surface area contributed by atoms with Crippen LogP contribution in [0.3, 0.4) is 0 Å². The van der Waals surface area contributed by atoms with Gasteiger partial charge in [0.05, 0.1) is 0 Å². The Morgan fingerprint density at radius 2 is 2.06 bits per heavy atom. The van der Waals surface area contributed by atoms with Gasteiger partial charge in [0, 0.05) is 12.1 Å². The Morgan fingerprint density at radius 1 is 1.47 bits per heavy atom. The zero-order valence-electron chi connectivity index (χ0n) is 10.3. The number of carboxylic acids is 1. The molecule has 1 unspecified atom stereocenters. The fourth-order valence-electron chi connectivity index (χ4n) is 1.79. The molecule has 0 bridgehead atoms. The third-order valence-electron chi connectivity index (χ3n) is 3.02. The van der Waals surface area contributed by atoms with Gasteiger partial charge in [0.15, 0.2) is 0 Å². The van der Waals surface area contributed by atoms with Crippen molar-refractivity contribution >= 4 is 12.0 Å². The number of aliphatic carboxylic acids is 1. The molecular weight excluding hydrogens is 220 g/mol. The number of carboxylic acid groups (broad SMARTS) is 1. The van der Waals surface area contributed by atoms with E-state index >= 15 is 0 Å². The molecule has 96 valence electrons. The lowest BCUT2D eigenvalue weighted by molar-refractivity contribution is -0.138. The van der Waals surface area contributed by atoms with Crippen LogP contribution in [0.25, 0.3) is 0 Å². The Hall–Kier alpha value is -1.52. The summed E-state index contributed by atoms with van der Waals surface area (Å²) in [5, 5.41) is 11.7. The van der Waals surface area contributed by atoms with Crippen molar-refractivity contribution in [2.24, 2.45) is 0 Å². The smallest absolute Gasteiger partial charge is 0.323 e. The van der Waals surface area contributed by atoms with E-state index in [2.05, 4.69) is 5.32 Å². The van der Waals surface area contributed by atoms with Crippen LogP contribution in [0.15, 0.2) is 12.2 Å². The first-order valence-electron chi connectivity index (χ1n) is 5.98. The van der Waals surface area contributed by atoms with Crippen molar-refractivity contribution in [1.29, 1.82) is 0 Å². The van der Waals surface area contributed by atoms with Gasteiger partial charge in [-0.05, 0) is 26.2 Å². The van der Waals surface area contributed by atoms with Crippen LogP contribution in [0.2, 0.25) is 0 Å². The van der Waals surface area contributed by atoms with E-state index in [1.54, 1.807) is 0 Å². The monoisotopic (exact) mass is 240 g/mol. The van der Waals surface area contributed by atoms with Gasteiger partial charge in [0.2, 0.25) is 0 Å². The molecule has 0 spiro atoms. The number of nitrogens with zero attached hydrogens (tertiary/aromatic N) is 1. The van der Waals surface area contributed by atoms with Crippen molar-refractivity contribution in [3.63, 3.8) is 0 Å². The van der Waals surface area contributed by atoms with Gasteiger partial charge < -0.3 is 15.3 Å². The second-order valence-corrected chi connectivity index (χ2v) is 4.37. The van der Waals surface area contributed by atoms with Gasteiger partial charge in [0.25, 0.3) is 0 Å². The number of hydrogen-bond donors (Lipinski definition) is 2. The summed E-state index contributed by atoms with van der Waals surface area (Å²) in [5.41, 5.74) is 0. The predicted octanol–water partition coefficient (Wildman–Crippen LogP) is 1.60. The number of carbonyl (C=O) groups is 2. The van der Waals surface area contributed by atoms with Crippen LogP contribution in [0, 0.1) is 0 Å². The highest BCUT2D eigenvalue weighted by atomic mass is 16.4. The summed E-state index contributed by atoms with van der Waals surface area (Å²) >= 11 is 0. The second kappa shape index (κ2) is 6.27. The van der Waals surface area contributed by atoms with E-state index in [1.807, 2.05) is 26.0 Å². The number of urea groups is 1. The van der Waals surface area contributed by atoms with E-state index in [9.17, 15) is 9.59 Å². The summed E-state index contributed by atoms with van der Waals surface area (Å²) in [6, 6.07) is -0.237. The Bertz CT molecular complexity index is 307. The van der Waals surface area contributed by atoms with Gasteiger partial charge >= 0.3 is 12.0 Å². The van der Waals surface area contributed by atoms with Crippen molar-refractivity contribution in [2.45, 2.75) is 45.2 Å². The molecule has 0 aliphatic heterocycles. The molecule has 1 atom stereocenters. The standard InChI is InChI=1S/C12H20N2O3/c1-3-9(2)14(8-11(15)16)12(17)13-10-6-4-5-7-10/h4-5,9-10H,3,6-8H2,1-2H3,(H,13,17)(H,15,16). The molecule has 0 saturated heterocycles.